The number of halogens is 1. The molecule has 0 aliphatic rings. The highest BCUT2D eigenvalue weighted by Gasteiger charge is 2.25. The van der Waals surface area contributed by atoms with Gasteiger partial charge in [-0.1, -0.05) is 27.2 Å². The molecule has 1 heterocycles. The predicted octanol–water partition coefficient (Wildman–Crippen LogP) is 2.57. The molecule has 0 saturated heterocycles. The number of rotatable bonds is 9. The molecule has 116 valence electrons. The maximum absolute atomic E-state index is 12.5. The van der Waals surface area contributed by atoms with Crippen LogP contribution in [0.1, 0.15) is 33.6 Å². The Morgan fingerprint density at radius 2 is 2.15 bits per heavy atom. The lowest BCUT2D eigenvalue weighted by Gasteiger charge is -2.22. The monoisotopic (exact) mass is 321 g/mol. The Labute approximate surface area is 127 Å². The second-order valence-corrected chi connectivity index (χ2v) is 7.27. The fourth-order valence-corrected chi connectivity index (χ4v) is 3.49. The van der Waals surface area contributed by atoms with Crippen LogP contribution in [0.5, 0.6) is 0 Å². The largest absolute Gasteiger partial charge is 0.271 e. The molecule has 1 aromatic heterocycles. The third-order valence-corrected chi connectivity index (χ3v) is 5.49. The maximum Gasteiger partial charge on any atom is 0.246 e. The van der Waals surface area contributed by atoms with Gasteiger partial charge in [0, 0.05) is 31.7 Å². The van der Waals surface area contributed by atoms with Gasteiger partial charge in [0.1, 0.15) is 4.90 Å². The van der Waals surface area contributed by atoms with Gasteiger partial charge in [-0.25, -0.2) is 8.42 Å². The SMILES string of the molecule is CCC(C)CN(CC)S(=O)(=O)c1cnn(CCCCl)c1. The van der Waals surface area contributed by atoms with Crippen LogP contribution >= 0.6 is 11.6 Å². The Hall–Kier alpha value is -0.590. The summed E-state index contributed by atoms with van der Waals surface area (Å²) in [5.74, 6) is 0.882. The highest BCUT2D eigenvalue weighted by molar-refractivity contribution is 7.89. The molecule has 20 heavy (non-hydrogen) atoms. The summed E-state index contributed by atoms with van der Waals surface area (Å²) in [7, 11) is -3.44. The van der Waals surface area contributed by atoms with Gasteiger partial charge in [-0.3, -0.25) is 4.68 Å². The Balaban J connectivity index is 2.87. The third kappa shape index (κ3) is 4.46. The van der Waals surface area contributed by atoms with Crippen LogP contribution in [0.15, 0.2) is 17.3 Å². The lowest BCUT2D eigenvalue weighted by molar-refractivity contribution is 0.361. The first-order valence-corrected chi connectivity index (χ1v) is 9.01. The summed E-state index contributed by atoms with van der Waals surface area (Å²) in [6.45, 7) is 7.63. The van der Waals surface area contributed by atoms with Crippen molar-refractivity contribution in [3.05, 3.63) is 12.4 Å². The van der Waals surface area contributed by atoms with Crippen LogP contribution in [0.2, 0.25) is 0 Å². The molecule has 1 rings (SSSR count). The van der Waals surface area contributed by atoms with Gasteiger partial charge in [0.25, 0.3) is 0 Å². The molecule has 1 aromatic rings. The van der Waals surface area contributed by atoms with E-state index in [1.807, 2.05) is 6.92 Å². The summed E-state index contributed by atoms with van der Waals surface area (Å²) >= 11 is 5.63. The Kier molecular flexibility index (Phi) is 6.99. The van der Waals surface area contributed by atoms with Gasteiger partial charge in [-0.05, 0) is 12.3 Å². The fourth-order valence-electron chi connectivity index (χ4n) is 1.84. The number of alkyl halides is 1. The summed E-state index contributed by atoms with van der Waals surface area (Å²) in [5.41, 5.74) is 0. The van der Waals surface area contributed by atoms with Crippen LogP contribution in [-0.2, 0) is 16.6 Å². The first-order valence-electron chi connectivity index (χ1n) is 7.04. The molecule has 0 radical (unpaired) electrons. The highest BCUT2D eigenvalue weighted by Crippen LogP contribution is 2.17. The minimum absolute atomic E-state index is 0.261. The first kappa shape index (κ1) is 17.5. The summed E-state index contributed by atoms with van der Waals surface area (Å²) < 4.78 is 28.2. The molecule has 0 aliphatic heterocycles. The molecular weight excluding hydrogens is 298 g/mol. The van der Waals surface area contributed by atoms with E-state index in [1.165, 1.54) is 10.5 Å². The van der Waals surface area contributed by atoms with Gasteiger partial charge < -0.3 is 0 Å². The lowest BCUT2D eigenvalue weighted by Crippen LogP contribution is -2.34. The van der Waals surface area contributed by atoms with E-state index >= 15 is 0 Å². The van der Waals surface area contributed by atoms with E-state index < -0.39 is 10.0 Å². The Morgan fingerprint density at radius 3 is 2.70 bits per heavy atom. The van der Waals surface area contributed by atoms with Crippen molar-refractivity contribution < 1.29 is 8.42 Å². The molecule has 0 bridgehead atoms. The number of hydrogen-bond acceptors (Lipinski definition) is 3. The quantitative estimate of drug-likeness (QED) is 0.657. The summed E-state index contributed by atoms with van der Waals surface area (Å²) in [6, 6.07) is 0. The Bertz CT molecular complexity index is 501. The molecular formula is C13H24ClN3O2S. The molecule has 0 spiro atoms. The highest BCUT2D eigenvalue weighted by atomic mass is 35.5. The zero-order valence-corrected chi connectivity index (χ0v) is 14.0. The number of aryl methyl sites for hydroxylation is 1. The third-order valence-electron chi connectivity index (χ3n) is 3.33. The van der Waals surface area contributed by atoms with Crippen molar-refractivity contribution in [3.8, 4) is 0 Å². The molecule has 7 heteroatoms. The number of aromatic nitrogens is 2. The summed E-state index contributed by atoms with van der Waals surface area (Å²) in [4.78, 5) is 0.261. The standard InChI is InChI=1S/C13H24ClN3O2S/c1-4-12(3)10-17(5-2)20(18,19)13-9-15-16(11-13)8-6-7-14/h9,11-12H,4-8,10H2,1-3H3. The molecule has 0 aliphatic carbocycles. The van der Waals surface area contributed by atoms with Crippen molar-refractivity contribution in [2.75, 3.05) is 19.0 Å². The van der Waals surface area contributed by atoms with Crippen LogP contribution in [0.3, 0.4) is 0 Å². The molecule has 5 nitrogen and oxygen atoms in total. The molecule has 1 atom stereocenters. The van der Waals surface area contributed by atoms with Gasteiger partial charge in [-0.2, -0.15) is 9.40 Å². The van der Waals surface area contributed by atoms with E-state index in [0.29, 0.717) is 31.4 Å². The lowest BCUT2D eigenvalue weighted by atomic mass is 10.1. The molecule has 0 fully saturated rings. The van der Waals surface area contributed by atoms with E-state index in [2.05, 4.69) is 18.9 Å². The van der Waals surface area contributed by atoms with Crippen molar-refractivity contribution in [1.29, 1.82) is 0 Å². The van der Waals surface area contributed by atoms with Crippen molar-refractivity contribution in [2.45, 2.75) is 45.1 Å². The second kappa shape index (κ2) is 8.00. The second-order valence-electron chi connectivity index (χ2n) is 4.95. The van der Waals surface area contributed by atoms with Crippen molar-refractivity contribution >= 4 is 21.6 Å². The van der Waals surface area contributed by atoms with Gasteiger partial charge in [0.15, 0.2) is 0 Å². The van der Waals surface area contributed by atoms with Crippen LogP contribution in [0.25, 0.3) is 0 Å². The van der Waals surface area contributed by atoms with Gasteiger partial charge in [-0.15, -0.1) is 11.6 Å². The van der Waals surface area contributed by atoms with E-state index in [0.717, 1.165) is 12.8 Å². The normalized spacial score (nSPS) is 13.8. The zero-order chi connectivity index (χ0) is 15.2. The number of sulfonamides is 1. The predicted molar refractivity (Wildman–Crippen MR) is 81.5 cm³/mol. The van der Waals surface area contributed by atoms with Gasteiger partial charge in [0.05, 0.1) is 6.20 Å². The van der Waals surface area contributed by atoms with E-state index in [4.69, 9.17) is 11.6 Å². The minimum Gasteiger partial charge on any atom is -0.271 e. The number of nitrogens with zero attached hydrogens (tertiary/aromatic N) is 3. The van der Waals surface area contributed by atoms with Crippen LogP contribution in [0.4, 0.5) is 0 Å². The molecule has 0 aromatic carbocycles. The first-order chi connectivity index (χ1) is 9.45. The molecule has 0 saturated carbocycles. The topological polar surface area (TPSA) is 55.2 Å². The van der Waals surface area contributed by atoms with Gasteiger partial charge in [0.2, 0.25) is 10.0 Å². The van der Waals surface area contributed by atoms with Crippen molar-refractivity contribution in [1.82, 2.24) is 14.1 Å². The fraction of sp³-hybridized carbons (Fsp3) is 0.769. The number of hydrogen-bond donors (Lipinski definition) is 0. The van der Waals surface area contributed by atoms with Crippen LogP contribution in [0, 0.1) is 5.92 Å². The van der Waals surface area contributed by atoms with E-state index in [-0.39, 0.29) is 4.90 Å². The van der Waals surface area contributed by atoms with Crippen LogP contribution in [-0.4, -0.2) is 41.5 Å². The molecule has 1 unspecified atom stereocenters. The van der Waals surface area contributed by atoms with E-state index in [9.17, 15) is 8.42 Å². The summed E-state index contributed by atoms with van der Waals surface area (Å²) in [6.07, 6.45) is 4.73. The molecule has 0 N–H and O–H groups in total. The van der Waals surface area contributed by atoms with Crippen molar-refractivity contribution in [3.63, 3.8) is 0 Å². The van der Waals surface area contributed by atoms with Crippen molar-refractivity contribution in [2.24, 2.45) is 5.92 Å². The van der Waals surface area contributed by atoms with Gasteiger partial charge >= 0.3 is 0 Å². The maximum atomic E-state index is 12.5. The Morgan fingerprint density at radius 1 is 1.45 bits per heavy atom. The van der Waals surface area contributed by atoms with E-state index in [1.54, 1.807) is 10.9 Å². The molecule has 0 amide bonds. The average molecular weight is 322 g/mol. The van der Waals surface area contributed by atoms with Crippen LogP contribution < -0.4 is 0 Å². The average Bonchev–Trinajstić information content (AvgIpc) is 2.91. The smallest absolute Gasteiger partial charge is 0.246 e. The zero-order valence-electron chi connectivity index (χ0n) is 12.4. The summed E-state index contributed by atoms with van der Waals surface area (Å²) in [5, 5.41) is 4.09. The minimum atomic E-state index is -3.44.